The number of hydrogen-bond donors (Lipinski definition) is 1. The summed E-state index contributed by atoms with van der Waals surface area (Å²) in [5, 5.41) is 3.18. The number of carbonyl (C=O) groups is 1. The second kappa shape index (κ2) is 8.48. The third kappa shape index (κ3) is 6.64. The number of carbonyl (C=O) groups excluding carboxylic acids is 1. The molecule has 0 spiro atoms. The molecule has 0 saturated carbocycles. The van der Waals surface area contributed by atoms with Gasteiger partial charge in [0.25, 0.3) is 0 Å². The molecule has 4 heteroatoms. The van der Waals surface area contributed by atoms with Gasteiger partial charge in [0.1, 0.15) is 6.04 Å². The lowest BCUT2D eigenvalue weighted by atomic mass is 10.1. The second-order valence-corrected chi connectivity index (χ2v) is 5.07. The van der Waals surface area contributed by atoms with Crippen LogP contribution in [0.25, 0.3) is 0 Å². The maximum absolute atomic E-state index is 11.6. The standard InChI is InChI=1S/C13H28N2O2/c1-7-14-12(13(16)17-6)9-15(11(4)5)8-10(2)3/h10-12,14H,7-9H2,1-6H3. The molecule has 0 aliphatic heterocycles. The van der Waals surface area contributed by atoms with Crippen LogP contribution in [0.5, 0.6) is 0 Å². The second-order valence-electron chi connectivity index (χ2n) is 5.07. The summed E-state index contributed by atoms with van der Waals surface area (Å²) in [7, 11) is 1.44. The number of likely N-dealkylation sites (N-methyl/N-ethyl adjacent to an activating group) is 1. The maximum Gasteiger partial charge on any atom is 0.324 e. The number of rotatable bonds is 8. The van der Waals surface area contributed by atoms with Gasteiger partial charge in [0.05, 0.1) is 7.11 Å². The largest absolute Gasteiger partial charge is 0.468 e. The van der Waals surface area contributed by atoms with E-state index >= 15 is 0 Å². The van der Waals surface area contributed by atoms with E-state index in [4.69, 9.17) is 4.74 Å². The number of nitrogens with zero attached hydrogens (tertiary/aromatic N) is 1. The molecule has 1 N–H and O–H groups in total. The van der Waals surface area contributed by atoms with E-state index in [0.29, 0.717) is 18.5 Å². The van der Waals surface area contributed by atoms with E-state index in [9.17, 15) is 4.79 Å². The van der Waals surface area contributed by atoms with Crippen LogP contribution in [0.4, 0.5) is 0 Å². The van der Waals surface area contributed by atoms with Gasteiger partial charge in [0.2, 0.25) is 0 Å². The zero-order valence-electron chi connectivity index (χ0n) is 12.1. The first-order valence-electron chi connectivity index (χ1n) is 6.47. The zero-order chi connectivity index (χ0) is 13.4. The molecule has 0 aromatic rings. The summed E-state index contributed by atoms with van der Waals surface area (Å²) in [6, 6.07) is 0.203. The van der Waals surface area contributed by atoms with Crippen molar-refractivity contribution in [2.75, 3.05) is 26.7 Å². The van der Waals surface area contributed by atoms with Crippen molar-refractivity contribution < 1.29 is 9.53 Å². The Kier molecular flexibility index (Phi) is 8.17. The van der Waals surface area contributed by atoms with Gasteiger partial charge in [-0.15, -0.1) is 0 Å². The lowest BCUT2D eigenvalue weighted by Gasteiger charge is -2.31. The molecule has 0 amide bonds. The number of esters is 1. The van der Waals surface area contributed by atoms with Gasteiger partial charge in [-0.25, -0.2) is 0 Å². The average Bonchev–Trinajstić information content (AvgIpc) is 2.25. The molecule has 0 radical (unpaired) electrons. The minimum absolute atomic E-state index is 0.179. The summed E-state index contributed by atoms with van der Waals surface area (Å²) < 4.78 is 4.82. The number of ether oxygens (including phenoxy) is 1. The summed E-state index contributed by atoms with van der Waals surface area (Å²) in [6.45, 7) is 13.2. The molecular weight excluding hydrogens is 216 g/mol. The Morgan fingerprint density at radius 2 is 1.82 bits per heavy atom. The number of hydrogen-bond acceptors (Lipinski definition) is 4. The Morgan fingerprint density at radius 3 is 2.18 bits per heavy atom. The SMILES string of the molecule is CCNC(CN(CC(C)C)C(C)C)C(=O)OC. The first kappa shape index (κ1) is 16.4. The molecule has 0 aromatic heterocycles. The van der Waals surface area contributed by atoms with Crippen LogP contribution in [-0.2, 0) is 9.53 Å². The fourth-order valence-corrected chi connectivity index (χ4v) is 1.81. The summed E-state index contributed by atoms with van der Waals surface area (Å²) in [5.74, 6) is 0.415. The molecule has 0 aliphatic rings. The van der Waals surface area contributed by atoms with Gasteiger partial charge < -0.3 is 10.1 Å². The first-order chi connectivity index (χ1) is 7.92. The van der Waals surface area contributed by atoms with Gasteiger partial charge in [-0.1, -0.05) is 20.8 Å². The highest BCUT2D eigenvalue weighted by Gasteiger charge is 2.23. The molecule has 0 fully saturated rings. The van der Waals surface area contributed by atoms with E-state index in [2.05, 4.69) is 37.9 Å². The van der Waals surface area contributed by atoms with Crippen molar-refractivity contribution in [1.82, 2.24) is 10.2 Å². The van der Waals surface area contributed by atoms with Crippen LogP contribution in [0.3, 0.4) is 0 Å². The smallest absolute Gasteiger partial charge is 0.324 e. The molecule has 1 unspecified atom stereocenters. The summed E-state index contributed by atoms with van der Waals surface area (Å²) in [6.07, 6.45) is 0. The highest BCUT2D eigenvalue weighted by molar-refractivity contribution is 5.75. The minimum atomic E-state index is -0.230. The van der Waals surface area contributed by atoms with E-state index in [1.54, 1.807) is 0 Å². The van der Waals surface area contributed by atoms with Crippen molar-refractivity contribution >= 4 is 5.97 Å². The van der Waals surface area contributed by atoms with Crippen molar-refractivity contribution in [2.45, 2.75) is 46.7 Å². The molecule has 102 valence electrons. The highest BCUT2D eigenvalue weighted by atomic mass is 16.5. The van der Waals surface area contributed by atoms with Crippen LogP contribution in [0, 0.1) is 5.92 Å². The Bertz CT molecular complexity index is 217. The molecule has 1 atom stereocenters. The summed E-state index contributed by atoms with van der Waals surface area (Å²) in [4.78, 5) is 13.9. The van der Waals surface area contributed by atoms with Crippen LogP contribution < -0.4 is 5.32 Å². The van der Waals surface area contributed by atoms with Gasteiger partial charge in [0.15, 0.2) is 0 Å². The predicted octanol–water partition coefficient (Wildman–Crippen LogP) is 1.50. The van der Waals surface area contributed by atoms with Crippen molar-refractivity contribution in [3.05, 3.63) is 0 Å². The van der Waals surface area contributed by atoms with E-state index in [1.165, 1.54) is 7.11 Å². The van der Waals surface area contributed by atoms with Crippen molar-refractivity contribution in [1.29, 1.82) is 0 Å². The lowest BCUT2D eigenvalue weighted by molar-refractivity contribution is -0.143. The van der Waals surface area contributed by atoms with Crippen LogP contribution >= 0.6 is 0 Å². The van der Waals surface area contributed by atoms with Crippen LogP contribution in [0.1, 0.15) is 34.6 Å². The molecule has 0 saturated heterocycles. The highest BCUT2D eigenvalue weighted by Crippen LogP contribution is 2.06. The van der Waals surface area contributed by atoms with E-state index in [-0.39, 0.29) is 12.0 Å². The van der Waals surface area contributed by atoms with Crippen molar-refractivity contribution in [3.8, 4) is 0 Å². The minimum Gasteiger partial charge on any atom is -0.468 e. The molecule has 0 rings (SSSR count). The van der Waals surface area contributed by atoms with Crippen LogP contribution in [0.15, 0.2) is 0 Å². The number of nitrogens with one attached hydrogen (secondary N) is 1. The van der Waals surface area contributed by atoms with Gasteiger partial charge >= 0.3 is 5.97 Å². The monoisotopic (exact) mass is 244 g/mol. The van der Waals surface area contributed by atoms with Gasteiger partial charge in [-0.05, 0) is 26.3 Å². The van der Waals surface area contributed by atoms with E-state index in [0.717, 1.165) is 13.1 Å². The Hall–Kier alpha value is -0.610. The van der Waals surface area contributed by atoms with Gasteiger partial charge in [-0.3, -0.25) is 9.69 Å². The summed E-state index contributed by atoms with van der Waals surface area (Å²) in [5.41, 5.74) is 0. The molecular formula is C13H28N2O2. The predicted molar refractivity (Wildman–Crippen MR) is 71.0 cm³/mol. The lowest BCUT2D eigenvalue weighted by Crippen LogP contribution is -2.49. The quantitative estimate of drug-likeness (QED) is 0.657. The molecule has 4 nitrogen and oxygen atoms in total. The third-order valence-corrected chi connectivity index (χ3v) is 2.68. The maximum atomic E-state index is 11.6. The zero-order valence-corrected chi connectivity index (χ0v) is 12.1. The fraction of sp³-hybridized carbons (Fsp3) is 0.923. The molecule has 0 aliphatic carbocycles. The van der Waals surface area contributed by atoms with E-state index in [1.807, 2.05) is 6.92 Å². The van der Waals surface area contributed by atoms with Crippen molar-refractivity contribution in [2.24, 2.45) is 5.92 Å². The fourth-order valence-electron chi connectivity index (χ4n) is 1.81. The topological polar surface area (TPSA) is 41.6 Å². The third-order valence-electron chi connectivity index (χ3n) is 2.68. The molecule has 0 bridgehead atoms. The van der Waals surface area contributed by atoms with Crippen LogP contribution in [0.2, 0.25) is 0 Å². The van der Waals surface area contributed by atoms with E-state index < -0.39 is 0 Å². The van der Waals surface area contributed by atoms with Crippen molar-refractivity contribution in [3.63, 3.8) is 0 Å². The average molecular weight is 244 g/mol. The normalized spacial score (nSPS) is 13.5. The van der Waals surface area contributed by atoms with Crippen LogP contribution in [-0.4, -0.2) is 49.7 Å². The Morgan fingerprint density at radius 1 is 1.24 bits per heavy atom. The Labute approximate surface area is 106 Å². The first-order valence-corrected chi connectivity index (χ1v) is 6.47. The molecule has 0 aromatic carbocycles. The van der Waals surface area contributed by atoms with Gasteiger partial charge in [0, 0.05) is 19.1 Å². The molecule has 17 heavy (non-hydrogen) atoms. The Balaban J connectivity index is 4.49. The molecule has 0 heterocycles. The summed E-state index contributed by atoms with van der Waals surface area (Å²) >= 11 is 0. The van der Waals surface area contributed by atoms with Gasteiger partial charge in [-0.2, -0.15) is 0 Å². The number of methoxy groups -OCH3 is 1.